The monoisotopic (exact) mass is 352 g/mol. The molecule has 2 atom stereocenters. The minimum Gasteiger partial charge on any atom is -0.494 e. The van der Waals surface area contributed by atoms with Gasteiger partial charge in [-0.2, -0.15) is 0 Å². The van der Waals surface area contributed by atoms with Crippen molar-refractivity contribution >= 4 is 18.3 Å². The Bertz CT molecular complexity index is 509. The van der Waals surface area contributed by atoms with Crippen LogP contribution in [0.1, 0.15) is 44.1 Å². The molecule has 1 aromatic carbocycles. The molecule has 1 amide bonds. The summed E-state index contributed by atoms with van der Waals surface area (Å²) in [7, 11) is 0. The van der Waals surface area contributed by atoms with Crippen LogP contribution in [0.15, 0.2) is 24.3 Å². The minimum absolute atomic E-state index is 0. The molecule has 5 heteroatoms. The zero-order valence-electron chi connectivity index (χ0n) is 14.4. The number of carbonyl (C=O) groups is 1. The fourth-order valence-electron chi connectivity index (χ4n) is 3.80. The molecule has 0 aliphatic carbocycles. The van der Waals surface area contributed by atoms with E-state index >= 15 is 0 Å². The van der Waals surface area contributed by atoms with Crippen LogP contribution < -0.4 is 15.4 Å². The van der Waals surface area contributed by atoms with Gasteiger partial charge in [0.2, 0.25) is 5.91 Å². The van der Waals surface area contributed by atoms with Gasteiger partial charge in [-0.15, -0.1) is 12.4 Å². The first kappa shape index (κ1) is 19.1. The molecule has 4 nitrogen and oxygen atoms in total. The summed E-state index contributed by atoms with van der Waals surface area (Å²) in [6.07, 6.45) is 6.45. The van der Waals surface area contributed by atoms with Crippen molar-refractivity contribution in [3.05, 3.63) is 29.8 Å². The van der Waals surface area contributed by atoms with Gasteiger partial charge in [0.05, 0.1) is 6.61 Å². The molecule has 24 heavy (non-hydrogen) atoms. The lowest BCUT2D eigenvalue weighted by molar-refractivity contribution is -0.122. The number of hydrogen-bond donors (Lipinski definition) is 2. The highest BCUT2D eigenvalue weighted by molar-refractivity contribution is 5.85. The Morgan fingerprint density at radius 3 is 2.54 bits per heavy atom. The van der Waals surface area contributed by atoms with Crippen LogP contribution in [0, 0.1) is 12.8 Å². The smallest absolute Gasteiger partial charge is 0.220 e. The van der Waals surface area contributed by atoms with Crippen LogP contribution >= 0.6 is 12.4 Å². The van der Waals surface area contributed by atoms with Gasteiger partial charge in [0, 0.05) is 25.0 Å². The quantitative estimate of drug-likeness (QED) is 0.741. The maximum atomic E-state index is 12.0. The van der Waals surface area contributed by atoms with Gasteiger partial charge in [-0.05, 0) is 57.1 Å². The van der Waals surface area contributed by atoms with E-state index in [4.69, 9.17) is 4.74 Å². The summed E-state index contributed by atoms with van der Waals surface area (Å²) in [6.45, 7) is 3.40. The molecular formula is C19H29ClN2O2. The van der Waals surface area contributed by atoms with Crippen molar-refractivity contribution in [3.63, 3.8) is 0 Å². The van der Waals surface area contributed by atoms with E-state index in [1.165, 1.54) is 31.2 Å². The van der Waals surface area contributed by atoms with Crippen molar-refractivity contribution < 1.29 is 9.53 Å². The Balaban J connectivity index is 0.00000208. The van der Waals surface area contributed by atoms with Crippen molar-refractivity contribution in [2.75, 3.05) is 13.2 Å². The summed E-state index contributed by atoms with van der Waals surface area (Å²) in [5, 5.41) is 6.66. The Kier molecular flexibility index (Phi) is 7.38. The number of hydrogen-bond acceptors (Lipinski definition) is 3. The maximum absolute atomic E-state index is 12.0. The van der Waals surface area contributed by atoms with Gasteiger partial charge in [-0.25, -0.2) is 0 Å². The second-order valence-electron chi connectivity index (χ2n) is 7.04. The van der Waals surface area contributed by atoms with Crippen LogP contribution in [0.2, 0.25) is 0 Å². The third-order valence-corrected chi connectivity index (χ3v) is 4.98. The van der Waals surface area contributed by atoms with E-state index in [2.05, 4.69) is 17.6 Å². The average Bonchev–Trinajstić information content (AvgIpc) is 2.87. The number of ether oxygens (including phenoxy) is 1. The fraction of sp³-hybridized carbons (Fsp3) is 0.632. The second kappa shape index (κ2) is 9.28. The van der Waals surface area contributed by atoms with Gasteiger partial charge < -0.3 is 15.4 Å². The van der Waals surface area contributed by atoms with Gasteiger partial charge in [0.15, 0.2) is 0 Å². The van der Waals surface area contributed by atoms with E-state index in [1.807, 2.05) is 24.3 Å². The van der Waals surface area contributed by atoms with Gasteiger partial charge in [-0.1, -0.05) is 17.7 Å². The second-order valence-corrected chi connectivity index (χ2v) is 7.04. The van der Waals surface area contributed by atoms with Gasteiger partial charge >= 0.3 is 0 Å². The largest absolute Gasteiger partial charge is 0.494 e. The van der Waals surface area contributed by atoms with E-state index in [0.29, 0.717) is 37.6 Å². The average molecular weight is 353 g/mol. The molecule has 0 saturated carbocycles. The third kappa shape index (κ3) is 5.67. The summed E-state index contributed by atoms with van der Waals surface area (Å²) < 4.78 is 5.67. The molecule has 2 heterocycles. The van der Waals surface area contributed by atoms with Crippen LogP contribution in [-0.2, 0) is 4.79 Å². The molecule has 1 aromatic rings. The SMILES string of the molecule is Cc1ccc(OCCCNC(=O)CC2CC3CCC(C2)N3)cc1.Cl. The molecule has 2 saturated heterocycles. The number of aryl methyl sites for hydroxylation is 1. The predicted octanol–water partition coefficient (Wildman–Crippen LogP) is 3.22. The van der Waals surface area contributed by atoms with Crippen molar-refractivity contribution in [3.8, 4) is 5.75 Å². The molecule has 2 aliphatic rings. The van der Waals surface area contributed by atoms with E-state index in [9.17, 15) is 4.79 Å². The Morgan fingerprint density at radius 2 is 1.88 bits per heavy atom. The standard InChI is InChI=1S/C19H28N2O2.ClH/c1-14-3-7-18(8-4-14)23-10-2-9-20-19(22)13-15-11-16-5-6-17(12-15)21-16;/h3-4,7-8,15-17,21H,2,5-6,9-13H2,1H3,(H,20,22);1H. The predicted molar refractivity (Wildman–Crippen MR) is 98.8 cm³/mol. The lowest BCUT2D eigenvalue weighted by Gasteiger charge is -2.28. The first-order valence-corrected chi connectivity index (χ1v) is 8.91. The van der Waals surface area contributed by atoms with Crippen LogP contribution in [0.25, 0.3) is 0 Å². The Labute approximate surface area is 151 Å². The van der Waals surface area contributed by atoms with Gasteiger partial charge in [-0.3, -0.25) is 4.79 Å². The number of benzene rings is 1. The van der Waals surface area contributed by atoms with E-state index in [-0.39, 0.29) is 18.3 Å². The number of amides is 1. The maximum Gasteiger partial charge on any atom is 0.220 e. The van der Waals surface area contributed by atoms with E-state index in [0.717, 1.165) is 12.2 Å². The highest BCUT2D eigenvalue weighted by atomic mass is 35.5. The van der Waals surface area contributed by atoms with Crippen molar-refractivity contribution in [1.82, 2.24) is 10.6 Å². The van der Waals surface area contributed by atoms with Crippen molar-refractivity contribution in [1.29, 1.82) is 0 Å². The lowest BCUT2D eigenvalue weighted by atomic mass is 9.89. The molecular weight excluding hydrogens is 324 g/mol. The molecule has 0 aromatic heterocycles. The fourth-order valence-corrected chi connectivity index (χ4v) is 3.80. The molecule has 2 aliphatic heterocycles. The minimum atomic E-state index is 0. The molecule has 2 bridgehead atoms. The van der Waals surface area contributed by atoms with Gasteiger partial charge in [0.1, 0.15) is 5.75 Å². The molecule has 2 fully saturated rings. The molecule has 3 rings (SSSR count). The highest BCUT2D eigenvalue weighted by Gasteiger charge is 2.33. The van der Waals surface area contributed by atoms with Crippen LogP contribution in [0.3, 0.4) is 0 Å². The normalized spacial score (nSPS) is 25.0. The number of fused-ring (bicyclic) bond motifs is 2. The zero-order valence-corrected chi connectivity index (χ0v) is 15.2. The van der Waals surface area contributed by atoms with Gasteiger partial charge in [0.25, 0.3) is 0 Å². The molecule has 2 unspecified atom stereocenters. The highest BCUT2D eigenvalue weighted by Crippen LogP contribution is 2.32. The molecule has 2 N–H and O–H groups in total. The summed E-state index contributed by atoms with van der Waals surface area (Å²) >= 11 is 0. The number of nitrogens with one attached hydrogen (secondary N) is 2. The number of halogens is 1. The van der Waals surface area contributed by atoms with Crippen molar-refractivity contribution in [2.45, 2.75) is 57.5 Å². The van der Waals surface area contributed by atoms with Crippen molar-refractivity contribution in [2.24, 2.45) is 5.92 Å². The van der Waals surface area contributed by atoms with E-state index < -0.39 is 0 Å². The Morgan fingerprint density at radius 1 is 1.21 bits per heavy atom. The molecule has 0 radical (unpaired) electrons. The summed E-state index contributed by atoms with van der Waals surface area (Å²) in [4.78, 5) is 12.0. The topological polar surface area (TPSA) is 50.4 Å². The summed E-state index contributed by atoms with van der Waals surface area (Å²) in [6, 6.07) is 9.38. The van der Waals surface area contributed by atoms with Crippen LogP contribution in [-0.4, -0.2) is 31.1 Å². The number of piperidine rings is 1. The number of rotatable bonds is 7. The third-order valence-electron chi connectivity index (χ3n) is 4.98. The first-order chi connectivity index (χ1) is 11.2. The van der Waals surface area contributed by atoms with Crippen LogP contribution in [0.4, 0.5) is 0 Å². The Hall–Kier alpha value is -1.26. The van der Waals surface area contributed by atoms with E-state index in [1.54, 1.807) is 0 Å². The first-order valence-electron chi connectivity index (χ1n) is 8.91. The molecule has 0 spiro atoms. The molecule has 134 valence electrons. The summed E-state index contributed by atoms with van der Waals surface area (Å²) in [5.74, 6) is 1.66. The summed E-state index contributed by atoms with van der Waals surface area (Å²) in [5.41, 5.74) is 1.23. The number of carbonyl (C=O) groups excluding carboxylic acids is 1. The zero-order chi connectivity index (χ0) is 16.1. The van der Waals surface area contributed by atoms with Crippen LogP contribution in [0.5, 0.6) is 5.75 Å². The lowest BCUT2D eigenvalue weighted by Crippen LogP contribution is -2.39.